The Morgan fingerprint density at radius 3 is 2.50 bits per heavy atom. The molecular weight excluding hydrogens is 326 g/mol. The fourth-order valence-electron chi connectivity index (χ4n) is 3.58. The zero-order valence-electron chi connectivity index (χ0n) is 15.9. The lowest BCUT2D eigenvalue weighted by Crippen LogP contribution is -2.38. The molecule has 1 atom stereocenters. The Morgan fingerprint density at radius 1 is 1.12 bits per heavy atom. The van der Waals surface area contributed by atoms with Crippen molar-refractivity contribution in [2.75, 3.05) is 11.4 Å². The van der Waals surface area contributed by atoms with Gasteiger partial charge in [-0.05, 0) is 43.2 Å². The zero-order valence-corrected chi connectivity index (χ0v) is 15.9. The molecule has 0 radical (unpaired) electrons. The lowest BCUT2D eigenvalue weighted by atomic mass is 9.92. The van der Waals surface area contributed by atoms with Gasteiger partial charge in [0.1, 0.15) is 0 Å². The van der Waals surface area contributed by atoms with Gasteiger partial charge in [0.2, 0.25) is 5.95 Å². The second-order valence-corrected chi connectivity index (χ2v) is 8.57. The van der Waals surface area contributed by atoms with Gasteiger partial charge in [0, 0.05) is 30.4 Å². The van der Waals surface area contributed by atoms with Crippen molar-refractivity contribution in [2.24, 2.45) is 0 Å². The molecule has 1 saturated heterocycles. The van der Waals surface area contributed by atoms with E-state index in [4.69, 9.17) is 0 Å². The third-order valence-corrected chi connectivity index (χ3v) is 5.36. The Morgan fingerprint density at radius 2 is 1.85 bits per heavy atom. The molecule has 6 heteroatoms. The van der Waals surface area contributed by atoms with E-state index < -0.39 is 0 Å². The molecule has 1 saturated carbocycles. The standard InChI is InChI=1S/C20H27N5O/c1-20(2,3)17-8-9-18(26)25(23-17)13-16-5-4-10-24(16)19-21-11-15(12-22-19)14-6-7-14/h8-9,11-12,14,16H,4-7,10,13H2,1-3H3. The zero-order chi connectivity index (χ0) is 18.3. The Labute approximate surface area is 154 Å². The molecule has 26 heavy (non-hydrogen) atoms. The number of anilines is 1. The predicted molar refractivity (Wildman–Crippen MR) is 102 cm³/mol. The Balaban J connectivity index is 1.54. The van der Waals surface area contributed by atoms with Crippen LogP contribution in [0, 0.1) is 0 Å². The molecular formula is C20H27N5O. The molecule has 2 fully saturated rings. The molecule has 1 aliphatic carbocycles. The molecule has 1 unspecified atom stereocenters. The normalized spacial score (nSPS) is 20.6. The van der Waals surface area contributed by atoms with E-state index in [9.17, 15) is 4.79 Å². The molecule has 0 amide bonds. The molecule has 0 spiro atoms. The summed E-state index contributed by atoms with van der Waals surface area (Å²) >= 11 is 0. The van der Waals surface area contributed by atoms with Gasteiger partial charge in [-0.15, -0.1) is 0 Å². The van der Waals surface area contributed by atoms with E-state index in [2.05, 4.69) is 40.7 Å². The van der Waals surface area contributed by atoms with Crippen LogP contribution < -0.4 is 10.5 Å². The van der Waals surface area contributed by atoms with Gasteiger partial charge in [-0.3, -0.25) is 4.79 Å². The second kappa shape index (κ2) is 6.49. The summed E-state index contributed by atoms with van der Waals surface area (Å²) in [6.45, 7) is 7.85. The lowest BCUT2D eigenvalue weighted by Gasteiger charge is -2.25. The smallest absolute Gasteiger partial charge is 0.266 e. The maximum absolute atomic E-state index is 12.3. The van der Waals surface area contributed by atoms with Crippen LogP contribution in [0.5, 0.6) is 0 Å². The summed E-state index contributed by atoms with van der Waals surface area (Å²) in [5.41, 5.74) is 2.06. The number of rotatable bonds is 4. The Bertz CT molecular complexity index is 833. The first kappa shape index (κ1) is 17.2. The highest BCUT2D eigenvalue weighted by Crippen LogP contribution is 2.39. The molecule has 2 aliphatic rings. The van der Waals surface area contributed by atoms with Gasteiger partial charge in [0.25, 0.3) is 5.56 Å². The number of aromatic nitrogens is 4. The topological polar surface area (TPSA) is 63.9 Å². The van der Waals surface area contributed by atoms with Crippen LogP contribution in [0.4, 0.5) is 5.95 Å². The van der Waals surface area contributed by atoms with Gasteiger partial charge >= 0.3 is 0 Å². The van der Waals surface area contributed by atoms with Gasteiger partial charge in [-0.1, -0.05) is 20.8 Å². The molecule has 6 nitrogen and oxygen atoms in total. The summed E-state index contributed by atoms with van der Waals surface area (Å²) in [5, 5.41) is 4.62. The van der Waals surface area contributed by atoms with Crippen LogP contribution in [0.25, 0.3) is 0 Å². The molecule has 4 rings (SSSR count). The Hall–Kier alpha value is -2.24. The van der Waals surface area contributed by atoms with Crippen LogP contribution >= 0.6 is 0 Å². The number of hydrogen-bond donors (Lipinski definition) is 0. The van der Waals surface area contributed by atoms with E-state index in [-0.39, 0.29) is 17.0 Å². The highest BCUT2D eigenvalue weighted by Gasteiger charge is 2.29. The van der Waals surface area contributed by atoms with Crippen molar-refractivity contribution in [1.82, 2.24) is 19.7 Å². The molecule has 138 valence electrons. The van der Waals surface area contributed by atoms with E-state index in [1.807, 2.05) is 18.5 Å². The molecule has 3 heterocycles. The van der Waals surface area contributed by atoms with Crippen LogP contribution in [-0.2, 0) is 12.0 Å². The van der Waals surface area contributed by atoms with Crippen LogP contribution in [-0.4, -0.2) is 32.3 Å². The first-order valence-electron chi connectivity index (χ1n) is 9.59. The van der Waals surface area contributed by atoms with Crippen LogP contribution in [0.3, 0.4) is 0 Å². The van der Waals surface area contributed by atoms with Crippen molar-refractivity contribution < 1.29 is 0 Å². The van der Waals surface area contributed by atoms with E-state index in [0.717, 1.165) is 31.0 Å². The fraction of sp³-hybridized carbons (Fsp3) is 0.600. The minimum atomic E-state index is -0.0768. The van der Waals surface area contributed by atoms with Gasteiger partial charge < -0.3 is 4.90 Å². The van der Waals surface area contributed by atoms with Crippen LogP contribution in [0.1, 0.15) is 63.6 Å². The molecule has 0 N–H and O–H groups in total. The summed E-state index contributed by atoms with van der Waals surface area (Å²) in [6, 6.07) is 3.68. The van der Waals surface area contributed by atoms with Crippen molar-refractivity contribution >= 4 is 5.95 Å². The molecule has 0 aromatic carbocycles. The SMILES string of the molecule is CC(C)(C)c1ccc(=O)n(CC2CCCN2c2ncc(C3CC3)cn2)n1. The third kappa shape index (κ3) is 3.50. The highest BCUT2D eigenvalue weighted by atomic mass is 16.1. The highest BCUT2D eigenvalue weighted by molar-refractivity contribution is 5.34. The molecule has 2 aromatic rings. The molecule has 0 bridgehead atoms. The summed E-state index contributed by atoms with van der Waals surface area (Å²) in [7, 11) is 0. The van der Waals surface area contributed by atoms with Gasteiger partial charge in [0.05, 0.1) is 18.3 Å². The Kier molecular flexibility index (Phi) is 4.29. The lowest BCUT2D eigenvalue weighted by molar-refractivity contribution is 0.455. The van der Waals surface area contributed by atoms with E-state index in [1.165, 1.54) is 18.4 Å². The quantitative estimate of drug-likeness (QED) is 0.846. The number of nitrogens with zero attached hydrogens (tertiary/aromatic N) is 5. The first-order valence-corrected chi connectivity index (χ1v) is 9.59. The predicted octanol–water partition coefficient (Wildman–Crippen LogP) is 2.88. The number of hydrogen-bond acceptors (Lipinski definition) is 5. The first-order chi connectivity index (χ1) is 12.4. The minimum Gasteiger partial charge on any atom is -0.336 e. The summed E-state index contributed by atoms with van der Waals surface area (Å²) in [5.74, 6) is 1.44. The van der Waals surface area contributed by atoms with Gasteiger partial charge in [-0.2, -0.15) is 5.10 Å². The fourth-order valence-corrected chi connectivity index (χ4v) is 3.58. The second-order valence-electron chi connectivity index (χ2n) is 8.57. The van der Waals surface area contributed by atoms with Crippen molar-refractivity contribution in [1.29, 1.82) is 0 Å². The van der Waals surface area contributed by atoms with Crippen molar-refractivity contribution in [3.63, 3.8) is 0 Å². The van der Waals surface area contributed by atoms with E-state index in [1.54, 1.807) is 10.7 Å². The van der Waals surface area contributed by atoms with Gasteiger partial charge in [0.15, 0.2) is 0 Å². The largest absolute Gasteiger partial charge is 0.336 e. The summed E-state index contributed by atoms with van der Waals surface area (Å²) in [4.78, 5) is 23.7. The summed E-state index contributed by atoms with van der Waals surface area (Å²) in [6.07, 6.45) is 8.58. The summed E-state index contributed by atoms with van der Waals surface area (Å²) < 4.78 is 1.61. The molecule has 1 aliphatic heterocycles. The van der Waals surface area contributed by atoms with Crippen molar-refractivity contribution in [2.45, 2.75) is 70.4 Å². The van der Waals surface area contributed by atoms with Crippen molar-refractivity contribution in [3.05, 3.63) is 46.1 Å². The average molecular weight is 353 g/mol. The minimum absolute atomic E-state index is 0.0464. The van der Waals surface area contributed by atoms with Crippen molar-refractivity contribution in [3.8, 4) is 0 Å². The molecule has 2 aromatic heterocycles. The maximum Gasteiger partial charge on any atom is 0.266 e. The maximum atomic E-state index is 12.3. The average Bonchev–Trinajstić information content (AvgIpc) is 3.35. The van der Waals surface area contributed by atoms with E-state index >= 15 is 0 Å². The van der Waals surface area contributed by atoms with Gasteiger partial charge in [-0.25, -0.2) is 14.6 Å². The van der Waals surface area contributed by atoms with Crippen LogP contribution in [0.2, 0.25) is 0 Å². The van der Waals surface area contributed by atoms with Crippen LogP contribution in [0.15, 0.2) is 29.3 Å². The third-order valence-electron chi connectivity index (χ3n) is 5.36. The monoisotopic (exact) mass is 353 g/mol. The van der Waals surface area contributed by atoms with E-state index in [0.29, 0.717) is 12.5 Å².